The van der Waals surface area contributed by atoms with E-state index >= 15 is 0 Å². The largest absolute Gasteiger partial charge is 0.456 e. The first-order valence-electron chi connectivity index (χ1n) is 12.9. The van der Waals surface area contributed by atoms with E-state index in [0.29, 0.717) is 42.1 Å². The molecule has 0 saturated heterocycles. The Morgan fingerprint density at radius 3 is 2.37 bits per heavy atom. The molecule has 5 rings (SSSR count). The highest BCUT2D eigenvalue weighted by atomic mass is 16.5. The molecule has 2 atom stereocenters. The van der Waals surface area contributed by atoms with Crippen LogP contribution in [0.1, 0.15) is 22.3 Å². The fourth-order valence-electron chi connectivity index (χ4n) is 4.58. The van der Waals surface area contributed by atoms with Gasteiger partial charge in [0.25, 0.3) is 5.91 Å². The average Bonchev–Trinajstić information content (AvgIpc) is 3.13. The van der Waals surface area contributed by atoms with E-state index in [1.807, 2.05) is 97.1 Å². The number of fused-ring (bicyclic) bond motifs is 2. The van der Waals surface area contributed by atoms with E-state index in [-0.39, 0.29) is 5.91 Å². The van der Waals surface area contributed by atoms with Gasteiger partial charge in [0, 0.05) is 30.1 Å². The highest BCUT2D eigenvalue weighted by Gasteiger charge is 2.26. The first-order chi connectivity index (χ1) is 18.7. The smallest absolute Gasteiger partial charge is 0.252 e. The number of aliphatic hydroxyl groups excluding tert-OH is 1. The van der Waals surface area contributed by atoms with Gasteiger partial charge in [-0.05, 0) is 60.9 Å². The Labute approximate surface area is 223 Å². The second kappa shape index (κ2) is 12.3. The van der Waals surface area contributed by atoms with Gasteiger partial charge in [0.05, 0.1) is 17.7 Å². The van der Waals surface area contributed by atoms with Crippen molar-refractivity contribution in [3.8, 4) is 11.5 Å². The molecule has 1 aliphatic heterocycles. The molecule has 0 spiro atoms. The molecule has 3 N–H and O–H groups in total. The Kier molecular flexibility index (Phi) is 8.23. The van der Waals surface area contributed by atoms with E-state index in [2.05, 4.69) is 15.6 Å². The van der Waals surface area contributed by atoms with Crippen molar-refractivity contribution in [3.05, 3.63) is 126 Å². The topological polar surface area (TPSA) is 83.5 Å². The van der Waals surface area contributed by atoms with Crippen molar-refractivity contribution in [1.82, 2.24) is 15.6 Å². The maximum Gasteiger partial charge on any atom is 0.252 e. The van der Waals surface area contributed by atoms with Gasteiger partial charge in [-0.25, -0.2) is 0 Å². The molecule has 0 aliphatic carbocycles. The maximum absolute atomic E-state index is 13.8. The number of benzene rings is 3. The van der Waals surface area contributed by atoms with Gasteiger partial charge in [-0.3, -0.25) is 9.78 Å². The van der Waals surface area contributed by atoms with Gasteiger partial charge >= 0.3 is 0 Å². The third-order valence-electron chi connectivity index (χ3n) is 6.63. The lowest BCUT2D eigenvalue weighted by atomic mass is 9.98. The summed E-state index contributed by atoms with van der Waals surface area (Å²) >= 11 is 0. The van der Waals surface area contributed by atoms with E-state index in [9.17, 15) is 9.90 Å². The zero-order valence-electron chi connectivity index (χ0n) is 21.1. The van der Waals surface area contributed by atoms with Gasteiger partial charge in [-0.15, -0.1) is 0 Å². The van der Waals surface area contributed by atoms with Crippen molar-refractivity contribution < 1.29 is 14.6 Å². The zero-order chi connectivity index (χ0) is 26.2. The van der Waals surface area contributed by atoms with E-state index in [4.69, 9.17) is 4.74 Å². The van der Waals surface area contributed by atoms with Gasteiger partial charge in [-0.2, -0.15) is 0 Å². The van der Waals surface area contributed by atoms with Crippen LogP contribution in [-0.4, -0.2) is 41.2 Å². The highest BCUT2D eigenvalue weighted by molar-refractivity contribution is 6.25. The summed E-state index contributed by atoms with van der Waals surface area (Å²) in [5.74, 6) is 1.06. The van der Waals surface area contributed by atoms with E-state index in [0.717, 1.165) is 17.5 Å². The fourth-order valence-corrected chi connectivity index (χ4v) is 4.58. The molecule has 1 aromatic heterocycles. The summed E-state index contributed by atoms with van der Waals surface area (Å²) in [6.45, 7) is 1.06. The van der Waals surface area contributed by atoms with Crippen LogP contribution in [-0.2, 0) is 17.6 Å². The molecule has 0 bridgehead atoms. The normalized spacial score (nSPS) is 13.7. The van der Waals surface area contributed by atoms with Crippen molar-refractivity contribution in [2.24, 2.45) is 0 Å². The Bertz CT molecular complexity index is 1390. The number of nitrogens with zero attached hydrogens (tertiary/aromatic N) is 1. The summed E-state index contributed by atoms with van der Waals surface area (Å²) in [5.41, 5.74) is 4.26. The molecule has 4 aromatic rings. The Morgan fingerprint density at radius 1 is 0.842 bits per heavy atom. The summed E-state index contributed by atoms with van der Waals surface area (Å²) in [7, 11) is 0. The van der Waals surface area contributed by atoms with Crippen LogP contribution in [0.25, 0.3) is 11.6 Å². The second-order valence-electron chi connectivity index (χ2n) is 9.34. The van der Waals surface area contributed by atoms with Crippen LogP contribution >= 0.6 is 0 Å². The number of para-hydroxylation sites is 2. The quantitative estimate of drug-likeness (QED) is 0.273. The lowest BCUT2D eigenvalue weighted by Crippen LogP contribution is -2.49. The number of hydrogen-bond donors (Lipinski definition) is 3. The van der Waals surface area contributed by atoms with Crippen LogP contribution in [0, 0.1) is 0 Å². The Balaban J connectivity index is 1.34. The molecule has 0 radical (unpaired) electrons. The van der Waals surface area contributed by atoms with Crippen molar-refractivity contribution >= 4 is 17.6 Å². The molecule has 38 heavy (non-hydrogen) atoms. The van der Waals surface area contributed by atoms with Crippen LogP contribution < -0.4 is 15.4 Å². The number of carbonyl (C=O) groups is 1. The number of carbonyl (C=O) groups excluding carboxylic acids is 1. The van der Waals surface area contributed by atoms with Crippen molar-refractivity contribution in [3.63, 3.8) is 0 Å². The summed E-state index contributed by atoms with van der Waals surface area (Å²) in [6.07, 6.45) is 5.95. The summed E-state index contributed by atoms with van der Waals surface area (Å²) in [6, 6.07) is 28.6. The molecule has 1 amide bonds. The molecule has 192 valence electrons. The summed E-state index contributed by atoms with van der Waals surface area (Å²) < 4.78 is 6.14. The van der Waals surface area contributed by atoms with Gasteiger partial charge in [0.15, 0.2) is 0 Å². The first-order valence-corrected chi connectivity index (χ1v) is 12.9. The van der Waals surface area contributed by atoms with E-state index < -0.39 is 12.1 Å². The van der Waals surface area contributed by atoms with Crippen LogP contribution in [0.5, 0.6) is 11.5 Å². The first kappa shape index (κ1) is 25.4. The number of amides is 1. The fraction of sp³-hybridized carbons (Fsp3) is 0.188. The Morgan fingerprint density at radius 2 is 1.55 bits per heavy atom. The average molecular weight is 506 g/mol. The number of pyridine rings is 1. The minimum Gasteiger partial charge on any atom is -0.456 e. The molecule has 0 saturated carbocycles. The van der Waals surface area contributed by atoms with Crippen LogP contribution in [0.3, 0.4) is 0 Å². The van der Waals surface area contributed by atoms with Crippen molar-refractivity contribution in [2.75, 3.05) is 13.1 Å². The predicted octanol–water partition coefficient (Wildman–Crippen LogP) is 4.65. The molecular formula is C32H31N3O3. The summed E-state index contributed by atoms with van der Waals surface area (Å²) in [5, 5.41) is 17.7. The molecule has 0 unspecified atom stereocenters. The lowest BCUT2D eigenvalue weighted by Gasteiger charge is -2.25. The third-order valence-corrected chi connectivity index (χ3v) is 6.63. The number of aromatic nitrogens is 1. The zero-order valence-corrected chi connectivity index (χ0v) is 21.1. The van der Waals surface area contributed by atoms with E-state index in [1.165, 1.54) is 5.56 Å². The maximum atomic E-state index is 13.8. The minimum atomic E-state index is -0.790. The molecule has 2 heterocycles. The minimum absolute atomic E-state index is 0.255. The van der Waals surface area contributed by atoms with Gasteiger partial charge in [0.2, 0.25) is 0 Å². The van der Waals surface area contributed by atoms with Crippen molar-refractivity contribution in [1.29, 1.82) is 0 Å². The number of hydrogen-bond acceptors (Lipinski definition) is 5. The Hall–Kier alpha value is -4.26. The van der Waals surface area contributed by atoms with Crippen LogP contribution in [0.2, 0.25) is 0 Å². The molecule has 3 aromatic carbocycles. The monoisotopic (exact) mass is 505 g/mol. The van der Waals surface area contributed by atoms with Gasteiger partial charge in [-0.1, -0.05) is 66.7 Å². The molecule has 1 aliphatic rings. The van der Waals surface area contributed by atoms with Gasteiger partial charge < -0.3 is 20.5 Å². The number of ether oxygens (including phenoxy) is 1. The predicted molar refractivity (Wildman–Crippen MR) is 150 cm³/mol. The third kappa shape index (κ3) is 6.35. The lowest BCUT2D eigenvalue weighted by molar-refractivity contribution is -0.117. The molecule has 0 fully saturated rings. The standard InChI is InChI=1S/C32H31N3O3/c36-29(22-34-19-16-23-14-17-33-18-15-23)28(20-24-8-2-1-3-9-24)35-32(37)27-21-25-10-4-6-12-30(25)38-31-13-7-5-11-26(27)31/h1-15,17-18,21,28-29,34,36H,16,19-20,22H2,(H,35,37)/t28-,29+/m0/s1. The van der Waals surface area contributed by atoms with Crippen LogP contribution in [0.4, 0.5) is 0 Å². The highest BCUT2D eigenvalue weighted by Crippen LogP contribution is 2.37. The SMILES string of the molecule is O=C(N[C@@H](Cc1ccccc1)[C@H](O)CNCCc1ccncc1)C1=Cc2ccccc2Oc2ccccc21. The van der Waals surface area contributed by atoms with Crippen molar-refractivity contribution in [2.45, 2.75) is 25.0 Å². The van der Waals surface area contributed by atoms with Crippen LogP contribution in [0.15, 0.2) is 103 Å². The number of rotatable bonds is 10. The molecular weight excluding hydrogens is 474 g/mol. The second-order valence-corrected chi connectivity index (χ2v) is 9.34. The van der Waals surface area contributed by atoms with Gasteiger partial charge in [0.1, 0.15) is 11.5 Å². The molecule has 6 nitrogen and oxygen atoms in total. The number of nitrogens with one attached hydrogen (secondary N) is 2. The number of aliphatic hydroxyl groups is 1. The van der Waals surface area contributed by atoms with E-state index in [1.54, 1.807) is 12.4 Å². The summed E-state index contributed by atoms with van der Waals surface area (Å²) in [4.78, 5) is 17.8. The molecule has 6 heteroatoms.